The van der Waals surface area contributed by atoms with E-state index in [0.29, 0.717) is 11.7 Å². The Bertz CT molecular complexity index is 589. The Hall–Kier alpha value is -1.34. The first-order valence-electron chi connectivity index (χ1n) is 7.99. The van der Waals surface area contributed by atoms with E-state index in [-0.39, 0.29) is 11.9 Å². The Labute approximate surface area is 146 Å². The van der Waals surface area contributed by atoms with E-state index < -0.39 is 0 Å². The van der Waals surface area contributed by atoms with Gasteiger partial charge in [0, 0.05) is 19.3 Å². The van der Waals surface area contributed by atoms with Gasteiger partial charge in [0.25, 0.3) is 5.91 Å². The molecule has 2 aliphatic heterocycles. The first kappa shape index (κ1) is 16.5. The van der Waals surface area contributed by atoms with Crippen LogP contribution in [-0.2, 0) is 11.3 Å². The summed E-state index contributed by atoms with van der Waals surface area (Å²) in [5.74, 6) is 2.04. The van der Waals surface area contributed by atoms with Gasteiger partial charge < -0.3 is 10.2 Å². The number of thioether (sulfide) groups is 1. The fourth-order valence-electron chi connectivity index (χ4n) is 3.02. The van der Waals surface area contributed by atoms with Crippen molar-refractivity contribution in [1.29, 1.82) is 0 Å². The molecule has 0 saturated carbocycles. The molecule has 1 atom stereocenters. The van der Waals surface area contributed by atoms with E-state index in [2.05, 4.69) is 21.3 Å². The molecular weight excluding hydrogens is 328 g/mol. The number of amides is 1. The van der Waals surface area contributed by atoms with Crippen LogP contribution in [0.4, 0.5) is 5.82 Å². The van der Waals surface area contributed by atoms with Crippen molar-refractivity contribution in [1.82, 2.24) is 15.2 Å². The van der Waals surface area contributed by atoms with Gasteiger partial charge in [-0.1, -0.05) is 0 Å². The highest BCUT2D eigenvalue weighted by molar-refractivity contribution is 7.98. The maximum absolute atomic E-state index is 12.5. The summed E-state index contributed by atoms with van der Waals surface area (Å²) in [5, 5.41) is 3.69. The van der Waals surface area contributed by atoms with Crippen LogP contribution >= 0.6 is 24.0 Å². The molecule has 2 saturated heterocycles. The minimum Gasteiger partial charge on any atom is -0.357 e. The first-order chi connectivity index (χ1) is 11.2. The van der Waals surface area contributed by atoms with E-state index in [4.69, 9.17) is 12.2 Å². The van der Waals surface area contributed by atoms with Gasteiger partial charge >= 0.3 is 0 Å². The molecule has 0 aliphatic carbocycles. The Balaban J connectivity index is 1.68. The lowest BCUT2D eigenvalue weighted by Gasteiger charge is -2.19. The second-order valence-corrected chi connectivity index (χ2v) is 7.30. The van der Waals surface area contributed by atoms with Crippen molar-refractivity contribution in [3.63, 3.8) is 0 Å². The van der Waals surface area contributed by atoms with Gasteiger partial charge in [-0.05, 0) is 61.2 Å². The quantitative estimate of drug-likeness (QED) is 0.792. The summed E-state index contributed by atoms with van der Waals surface area (Å²) in [6.07, 6.45) is 7.13. The SMILES string of the molecule is CSCC[C@H]1NC(=S)N(Cc2ccnc(N3CCCC3)c2)C1=O. The van der Waals surface area contributed by atoms with Crippen LogP contribution in [0.2, 0.25) is 0 Å². The predicted octanol–water partition coefficient (Wildman–Crippen LogP) is 2.02. The lowest BCUT2D eigenvalue weighted by molar-refractivity contribution is -0.127. The summed E-state index contributed by atoms with van der Waals surface area (Å²) in [6.45, 7) is 2.65. The number of anilines is 1. The second kappa shape index (κ2) is 7.49. The van der Waals surface area contributed by atoms with Crippen LogP contribution in [0.5, 0.6) is 0 Å². The van der Waals surface area contributed by atoms with Gasteiger partial charge in [-0.25, -0.2) is 4.98 Å². The predicted molar refractivity (Wildman–Crippen MR) is 98.8 cm³/mol. The zero-order chi connectivity index (χ0) is 16.2. The van der Waals surface area contributed by atoms with Gasteiger partial charge in [-0.3, -0.25) is 9.69 Å². The summed E-state index contributed by atoms with van der Waals surface area (Å²) in [7, 11) is 0. The van der Waals surface area contributed by atoms with Gasteiger partial charge in [0.1, 0.15) is 11.9 Å². The lowest BCUT2D eigenvalue weighted by atomic mass is 10.2. The van der Waals surface area contributed by atoms with Crippen LogP contribution in [0.15, 0.2) is 18.3 Å². The molecule has 1 aromatic heterocycles. The van der Waals surface area contributed by atoms with Gasteiger partial charge in [0.05, 0.1) is 6.54 Å². The molecule has 0 bridgehead atoms. The number of rotatable bonds is 6. The minimum absolute atomic E-state index is 0.0867. The zero-order valence-corrected chi connectivity index (χ0v) is 15.0. The van der Waals surface area contributed by atoms with Crippen molar-refractivity contribution in [2.75, 3.05) is 30.0 Å². The normalized spacial score (nSPS) is 21.2. The minimum atomic E-state index is -0.171. The molecule has 2 aliphatic rings. The van der Waals surface area contributed by atoms with E-state index in [9.17, 15) is 4.79 Å². The van der Waals surface area contributed by atoms with E-state index >= 15 is 0 Å². The molecule has 1 aromatic rings. The van der Waals surface area contributed by atoms with Crippen LogP contribution in [0.25, 0.3) is 0 Å². The van der Waals surface area contributed by atoms with Crippen molar-refractivity contribution >= 4 is 40.8 Å². The first-order valence-corrected chi connectivity index (χ1v) is 9.80. The summed E-state index contributed by atoms with van der Waals surface area (Å²) < 4.78 is 0. The topological polar surface area (TPSA) is 48.5 Å². The van der Waals surface area contributed by atoms with Gasteiger partial charge in [0.2, 0.25) is 0 Å². The van der Waals surface area contributed by atoms with Crippen molar-refractivity contribution in [2.45, 2.75) is 31.8 Å². The van der Waals surface area contributed by atoms with Crippen LogP contribution in [0.3, 0.4) is 0 Å². The molecule has 1 N–H and O–H groups in total. The Morgan fingerprint density at radius 3 is 2.96 bits per heavy atom. The molecule has 124 valence electrons. The van der Waals surface area contributed by atoms with Crippen LogP contribution in [0, 0.1) is 0 Å². The van der Waals surface area contributed by atoms with Gasteiger partial charge in [0.15, 0.2) is 5.11 Å². The zero-order valence-electron chi connectivity index (χ0n) is 13.3. The largest absolute Gasteiger partial charge is 0.357 e. The molecule has 0 spiro atoms. The van der Waals surface area contributed by atoms with Gasteiger partial charge in [-0.2, -0.15) is 11.8 Å². The van der Waals surface area contributed by atoms with E-state index in [0.717, 1.165) is 36.6 Å². The smallest absolute Gasteiger partial charge is 0.251 e. The molecule has 2 fully saturated rings. The van der Waals surface area contributed by atoms with Crippen LogP contribution < -0.4 is 10.2 Å². The number of carbonyl (C=O) groups is 1. The number of hydrogen-bond acceptors (Lipinski definition) is 5. The third kappa shape index (κ3) is 3.77. The van der Waals surface area contributed by atoms with E-state index in [1.54, 1.807) is 16.7 Å². The third-order valence-electron chi connectivity index (χ3n) is 4.30. The third-order valence-corrected chi connectivity index (χ3v) is 5.28. The molecule has 0 aromatic carbocycles. The highest BCUT2D eigenvalue weighted by Gasteiger charge is 2.34. The number of pyridine rings is 1. The molecule has 1 amide bonds. The van der Waals surface area contributed by atoms with Crippen molar-refractivity contribution < 1.29 is 4.79 Å². The van der Waals surface area contributed by atoms with Crippen LogP contribution in [-0.4, -0.2) is 52.0 Å². The van der Waals surface area contributed by atoms with Gasteiger partial charge in [-0.15, -0.1) is 0 Å². The van der Waals surface area contributed by atoms with E-state index in [1.807, 2.05) is 18.5 Å². The average molecular weight is 351 g/mol. The molecule has 0 unspecified atom stereocenters. The lowest BCUT2D eigenvalue weighted by Crippen LogP contribution is -2.31. The molecule has 3 rings (SSSR count). The number of carbonyl (C=O) groups excluding carboxylic acids is 1. The molecule has 7 heteroatoms. The highest BCUT2D eigenvalue weighted by atomic mass is 32.2. The monoisotopic (exact) mass is 350 g/mol. The summed E-state index contributed by atoms with van der Waals surface area (Å²) in [4.78, 5) is 21.0. The van der Waals surface area contributed by atoms with Crippen molar-refractivity contribution in [3.05, 3.63) is 23.9 Å². The second-order valence-electron chi connectivity index (χ2n) is 5.92. The number of aromatic nitrogens is 1. The Morgan fingerprint density at radius 1 is 1.43 bits per heavy atom. The standard InChI is InChI=1S/C16H22N4OS2/c1-23-9-5-13-15(21)20(16(22)18-13)11-12-4-6-17-14(10-12)19-7-2-3-8-19/h4,6,10,13H,2-3,5,7-9,11H2,1H3,(H,18,22)/t13-/m1/s1. The summed E-state index contributed by atoms with van der Waals surface area (Å²) in [6, 6.07) is 3.87. The number of hydrogen-bond donors (Lipinski definition) is 1. The highest BCUT2D eigenvalue weighted by Crippen LogP contribution is 2.21. The van der Waals surface area contributed by atoms with Crippen LogP contribution in [0.1, 0.15) is 24.8 Å². The van der Waals surface area contributed by atoms with E-state index in [1.165, 1.54) is 12.8 Å². The number of nitrogens with one attached hydrogen (secondary N) is 1. The maximum Gasteiger partial charge on any atom is 0.251 e. The molecule has 23 heavy (non-hydrogen) atoms. The fourth-order valence-corrected chi connectivity index (χ4v) is 3.79. The Kier molecular flexibility index (Phi) is 5.38. The summed E-state index contributed by atoms with van der Waals surface area (Å²) >= 11 is 7.09. The molecule has 5 nitrogen and oxygen atoms in total. The number of nitrogens with zero attached hydrogens (tertiary/aromatic N) is 3. The van der Waals surface area contributed by atoms with Crippen molar-refractivity contribution in [3.8, 4) is 0 Å². The Morgan fingerprint density at radius 2 is 2.22 bits per heavy atom. The fraction of sp³-hybridized carbons (Fsp3) is 0.562. The molecule has 0 radical (unpaired) electrons. The van der Waals surface area contributed by atoms with Crippen molar-refractivity contribution in [2.24, 2.45) is 0 Å². The molecule has 3 heterocycles. The number of thiocarbonyl (C=S) groups is 1. The maximum atomic E-state index is 12.5. The summed E-state index contributed by atoms with van der Waals surface area (Å²) in [5.41, 5.74) is 1.07. The molecular formula is C16H22N4OS2. The average Bonchev–Trinajstić information content (AvgIpc) is 3.18.